The van der Waals surface area contributed by atoms with E-state index in [9.17, 15) is 18.0 Å². The summed E-state index contributed by atoms with van der Waals surface area (Å²) in [5, 5.41) is 3.77. The lowest BCUT2D eigenvalue weighted by Crippen LogP contribution is -2.54. The van der Waals surface area contributed by atoms with Crippen LogP contribution in [0.5, 0.6) is 0 Å². The van der Waals surface area contributed by atoms with Crippen LogP contribution in [0.4, 0.5) is 5.69 Å². The molecular formula is C29H32Cl3N3O4S. The highest BCUT2D eigenvalue weighted by Gasteiger charge is 2.34. The molecule has 7 nitrogen and oxygen atoms in total. The fourth-order valence-electron chi connectivity index (χ4n) is 4.10. The molecule has 0 aliphatic rings. The van der Waals surface area contributed by atoms with E-state index in [1.807, 2.05) is 44.2 Å². The second-order valence-electron chi connectivity index (χ2n) is 9.47. The Morgan fingerprint density at radius 3 is 2.02 bits per heavy atom. The van der Waals surface area contributed by atoms with Crippen LogP contribution in [0.25, 0.3) is 0 Å². The van der Waals surface area contributed by atoms with E-state index in [1.165, 1.54) is 11.0 Å². The molecule has 0 unspecified atom stereocenters. The van der Waals surface area contributed by atoms with Crippen LogP contribution in [0, 0.1) is 0 Å². The number of carbonyl (C=O) groups is 2. The number of benzene rings is 3. The Hall–Kier alpha value is -2.78. The van der Waals surface area contributed by atoms with Crippen molar-refractivity contribution in [2.45, 2.75) is 45.3 Å². The minimum Gasteiger partial charge on any atom is -0.352 e. The molecule has 0 saturated carbocycles. The van der Waals surface area contributed by atoms with Gasteiger partial charge < -0.3 is 10.2 Å². The van der Waals surface area contributed by atoms with Crippen molar-refractivity contribution in [3.05, 3.63) is 99.0 Å². The van der Waals surface area contributed by atoms with Gasteiger partial charge in [-0.05, 0) is 43.2 Å². The normalized spacial score (nSPS) is 12.8. The summed E-state index contributed by atoms with van der Waals surface area (Å²) in [6.45, 7) is 3.10. The second kappa shape index (κ2) is 14.2. The van der Waals surface area contributed by atoms with E-state index in [2.05, 4.69) is 5.32 Å². The van der Waals surface area contributed by atoms with E-state index in [-0.39, 0.29) is 35.6 Å². The molecule has 0 saturated heterocycles. The standard InChI is InChI=1S/C29H32Cl3N3O4S/c1-4-20(2)33-29(37)27(17-21-11-6-5-7-12-21)34(18-22-23(30)14-10-15-24(22)31)28(36)19-35(40(3,38)39)26-16-9-8-13-25(26)32/h5-16,20,27H,4,17-19H2,1-3H3,(H,33,37)/t20-,27-/m0/s1. The summed E-state index contributed by atoms with van der Waals surface area (Å²) in [4.78, 5) is 29.2. The van der Waals surface area contributed by atoms with Crippen LogP contribution in [0.2, 0.25) is 15.1 Å². The molecule has 0 radical (unpaired) electrons. The third-order valence-corrected chi connectivity index (χ3v) is 8.62. The molecule has 3 aromatic rings. The number of halogens is 3. The maximum Gasteiger partial charge on any atom is 0.244 e. The quantitative estimate of drug-likeness (QED) is 0.269. The Kier molecular flexibility index (Phi) is 11.3. The van der Waals surface area contributed by atoms with Gasteiger partial charge in [-0.2, -0.15) is 0 Å². The fourth-order valence-corrected chi connectivity index (χ4v) is 5.76. The lowest BCUT2D eigenvalue weighted by Gasteiger charge is -2.34. The smallest absolute Gasteiger partial charge is 0.244 e. The number of rotatable bonds is 12. The third kappa shape index (κ3) is 8.36. The zero-order valence-corrected chi connectivity index (χ0v) is 25.6. The SMILES string of the molecule is CC[C@H](C)NC(=O)[C@H](Cc1ccccc1)N(Cc1c(Cl)cccc1Cl)C(=O)CN(c1ccccc1Cl)S(C)(=O)=O. The van der Waals surface area contributed by atoms with E-state index in [0.717, 1.165) is 16.1 Å². The van der Waals surface area contributed by atoms with Crippen LogP contribution >= 0.6 is 34.8 Å². The van der Waals surface area contributed by atoms with Gasteiger partial charge in [0.1, 0.15) is 12.6 Å². The predicted molar refractivity (Wildman–Crippen MR) is 162 cm³/mol. The largest absolute Gasteiger partial charge is 0.352 e. The first-order chi connectivity index (χ1) is 18.9. The summed E-state index contributed by atoms with van der Waals surface area (Å²) in [6.07, 6.45) is 1.86. The minimum atomic E-state index is -3.94. The van der Waals surface area contributed by atoms with Gasteiger partial charge in [0.2, 0.25) is 21.8 Å². The highest BCUT2D eigenvalue weighted by molar-refractivity contribution is 7.92. The van der Waals surface area contributed by atoms with Crippen molar-refractivity contribution in [2.24, 2.45) is 0 Å². The first-order valence-corrected chi connectivity index (χ1v) is 15.7. The van der Waals surface area contributed by atoms with Crippen LogP contribution in [0.3, 0.4) is 0 Å². The van der Waals surface area contributed by atoms with Crippen molar-refractivity contribution in [3.8, 4) is 0 Å². The van der Waals surface area contributed by atoms with Gasteiger partial charge in [0.15, 0.2) is 0 Å². The van der Waals surface area contributed by atoms with Gasteiger partial charge in [0.25, 0.3) is 0 Å². The molecule has 0 aromatic heterocycles. The highest BCUT2D eigenvalue weighted by atomic mass is 35.5. The van der Waals surface area contributed by atoms with Gasteiger partial charge in [-0.25, -0.2) is 8.42 Å². The number of para-hydroxylation sites is 1. The summed E-state index contributed by atoms with van der Waals surface area (Å²) in [6, 6.07) is 19.4. The van der Waals surface area contributed by atoms with Crippen LogP contribution < -0.4 is 9.62 Å². The molecule has 1 N–H and O–H groups in total. The van der Waals surface area contributed by atoms with Crippen LogP contribution in [-0.2, 0) is 32.6 Å². The van der Waals surface area contributed by atoms with E-state index in [0.29, 0.717) is 22.0 Å². The molecule has 11 heteroatoms. The monoisotopic (exact) mass is 623 g/mol. The summed E-state index contributed by atoms with van der Waals surface area (Å²) in [5.74, 6) is -1.00. The number of amides is 2. The van der Waals surface area contributed by atoms with Crippen LogP contribution in [-0.4, -0.2) is 50.0 Å². The molecule has 3 aromatic carbocycles. The molecule has 0 fully saturated rings. The van der Waals surface area contributed by atoms with Gasteiger partial charge in [0, 0.05) is 34.6 Å². The molecule has 0 aliphatic carbocycles. The molecule has 3 rings (SSSR count). The van der Waals surface area contributed by atoms with Crippen LogP contribution in [0.1, 0.15) is 31.4 Å². The van der Waals surface area contributed by atoms with E-state index < -0.39 is 28.5 Å². The Bertz CT molecular complexity index is 1420. The summed E-state index contributed by atoms with van der Waals surface area (Å²) < 4.78 is 26.7. The maximum atomic E-state index is 14.1. The number of hydrogen-bond acceptors (Lipinski definition) is 4. The van der Waals surface area contributed by atoms with Crippen molar-refractivity contribution in [1.29, 1.82) is 0 Å². The van der Waals surface area contributed by atoms with Crippen molar-refractivity contribution >= 4 is 62.3 Å². The fraction of sp³-hybridized carbons (Fsp3) is 0.310. The van der Waals surface area contributed by atoms with E-state index >= 15 is 0 Å². The molecule has 2 atom stereocenters. The number of nitrogens with zero attached hydrogens (tertiary/aromatic N) is 2. The first kappa shape index (κ1) is 31.7. The molecule has 0 bridgehead atoms. The Balaban J connectivity index is 2.12. The Morgan fingerprint density at radius 1 is 0.875 bits per heavy atom. The Morgan fingerprint density at radius 2 is 1.45 bits per heavy atom. The lowest BCUT2D eigenvalue weighted by atomic mass is 10.0. The van der Waals surface area contributed by atoms with Crippen molar-refractivity contribution in [1.82, 2.24) is 10.2 Å². The molecule has 40 heavy (non-hydrogen) atoms. The number of nitrogens with one attached hydrogen (secondary N) is 1. The number of hydrogen-bond donors (Lipinski definition) is 1. The summed E-state index contributed by atoms with van der Waals surface area (Å²) >= 11 is 19.3. The van der Waals surface area contributed by atoms with Crippen molar-refractivity contribution in [3.63, 3.8) is 0 Å². The van der Waals surface area contributed by atoms with Gasteiger partial charge in [-0.3, -0.25) is 13.9 Å². The van der Waals surface area contributed by atoms with Gasteiger partial charge in [-0.1, -0.05) is 90.3 Å². The topological polar surface area (TPSA) is 86.8 Å². The average molecular weight is 625 g/mol. The molecule has 0 spiro atoms. The highest BCUT2D eigenvalue weighted by Crippen LogP contribution is 2.30. The second-order valence-corrected chi connectivity index (χ2v) is 12.6. The van der Waals surface area contributed by atoms with Crippen LogP contribution in [0.15, 0.2) is 72.8 Å². The third-order valence-electron chi connectivity index (χ3n) is 6.46. The first-order valence-electron chi connectivity index (χ1n) is 12.7. The van der Waals surface area contributed by atoms with Crippen molar-refractivity contribution < 1.29 is 18.0 Å². The number of sulfonamides is 1. The summed E-state index contributed by atoms with van der Waals surface area (Å²) in [7, 11) is -3.94. The Labute approximate surface area is 251 Å². The van der Waals surface area contributed by atoms with Gasteiger partial charge in [-0.15, -0.1) is 0 Å². The zero-order chi connectivity index (χ0) is 29.4. The molecule has 214 valence electrons. The maximum absolute atomic E-state index is 14.1. The van der Waals surface area contributed by atoms with Gasteiger partial charge in [0.05, 0.1) is 17.0 Å². The summed E-state index contributed by atoms with van der Waals surface area (Å²) in [5.41, 5.74) is 1.41. The minimum absolute atomic E-state index is 0.122. The molecular weight excluding hydrogens is 593 g/mol. The molecule has 2 amide bonds. The lowest BCUT2D eigenvalue weighted by molar-refractivity contribution is -0.140. The van der Waals surface area contributed by atoms with E-state index in [4.69, 9.17) is 34.8 Å². The number of anilines is 1. The zero-order valence-electron chi connectivity index (χ0n) is 22.5. The molecule has 0 aliphatic heterocycles. The van der Waals surface area contributed by atoms with E-state index in [1.54, 1.807) is 36.4 Å². The molecule has 0 heterocycles. The predicted octanol–water partition coefficient (Wildman–Crippen LogP) is 5.97. The average Bonchev–Trinajstić information content (AvgIpc) is 2.91. The number of carbonyl (C=O) groups excluding carboxylic acids is 2. The van der Waals surface area contributed by atoms with Crippen molar-refractivity contribution in [2.75, 3.05) is 17.1 Å². The van der Waals surface area contributed by atoms with Gasteiger partial charge >= 0.3 is 0 Å².